The minimum atomic E-state index is 0.219. The van der Waals surface area contributed by atoms with Crippen LogP contribution in [-0.4, -0.2) is 19.8 Å². The molecule has 1 unspecified atom stereocenters. The smallest absolute Gasteiger partial charge is 0.203 e. The van der Waals surface area contributed by atoms with E-state index in [4.69, 9.17) is 20.6 Å². The second-order valence-electron chi connectivity index (χ2n) is 5.67. The summed E-state index contributed by atoms with van der Waals surface area (Å²) in [6.07, 6.45) is 8.98. The minimum absolute atomic E-state index is 0.219. The third kappa shape index (κ3) is 5.71. The van der Waals surface area contributed by atoms with Gasteiger partial charge in [0, 0.05) is 12.0 Å². The molecular formula is C20H30O3. The summed E-state index contributed by atoms with van der Waals surface area (Å²) >= 11 is 0. The van der Waals surface area contributed by atoms with Crippen molar-refractivity contribution in [2.75, 3.05) is 19.8 Å². The van der Waals surface area contributed by atoms with Gasteiger partial charge < -0.3 is 14.2 Å². The van der Waals surface area contributed by atoms with Crippen LogP contribution >= 0.6 is 0 Å². The molecule has 23 heavy (non-hydrogen) atoms. The number of hydrogen-bond acceptors (Lipinski definition) is 3. The molecule has 3 nitrogen and oxygen atoms in total. The molecule has 0 bridgehead atoms. The first-order valence-corrected chi connectivity index (χ1v) is 8.68. The second-order valence-corrected chi connectivity index (χ2v) is 5.67. The van der Waals surface area contributed by atoms with Crippen molar-refractivity contribution in [1.29, 1.82) is 0 Å². The van der Waals surface area contributed by atoms with E-state index in [1.165, 1.54) is 0 Å². The molecule has 128 valence electrons. The maximum Gasteiger partial charge on any atom is 0.203 e. The maximum absolute atomic E-state index is 6.03. The largest absolute Gasteiger partial charge is 0.490 e. The van der Waals surface area contributed by atoms with Gasteiger partial charge in [0.25, 0.3) is 0 Å². The molecule has 0 amide bonds. The zero-order chi connectivity index (χ0) is 17.1. The van der Waals surface area contributed by atoms with E-state index in [0.29, 0.717) is 26.2 Å². The molecule has 0 aromatic heterocycles. The van der Waals surface area contributed by atoms with Crippen LogP contribution in [0.15, 0.2) is 12.1 Å². The van der Waals surface area contributed by atoms with Gasteiger partial charge in [-0.05, 0) is 31.2 Å². The number of rotatable bonds is 11. The summed E-state index contributed by atoms with van der Waals surface area (Å²) in [4.78, 5) is 0. The van der Waals surface area contributed by atoms with Gasteiger partial charge in [-0.1, -0.05) is 33.8 Å². The van der Waals surface area contributed by atoms with E-state index in [-0.39, 0.29) is 5.92 Å². The van der Waals surface area contributed by atoms with E-state index in [1.54, 1.807) is 0 Å². The summed E-state index contributed by atoms with van der Waals surface area (Å²) in [5.74, 6) is 5.21. The fourth-order valence-corrected chi connectivity index (χ4v) is 2.25. The summed E-state index contributed by atoms with van der Waals surface area (Å²) in [5.41, 5.74) is 1.09. The van der Waals surface area contributed by atoms with Crippen molar-refractivity contribution < 1.29 is 14.2 Å². The highest BCUT2D eigenvalue weighted by atomic mass is 16.5. The highest BCUT2D eigenvalue weighted by molar-refractivity contribution is 5.57. The third-order valence-corrected chi connectivity index (χ3v) is 3.42. The van der Waals surface area contributed by atoms with Gasteiger partial charge in [0.2, 0.25) is 5.75 Å². The highest BCUT2D eigenvalue weighted by Crippen LogP contribution is 2.44. The Kier molecular flexibility index (Phi) is 9.05. The molecule has 0 spiro atoms. The topological polar surface area (TPSA) is 27.7 Å². The van der Waals surface area contributed by atoms with E-state index >= 15 is 0 Å². The van der Waals surface area contributed by atoms with E-state index in [2.05, 4.69) is 39.7 Å². The molecule has 0 radical (unpaired) electrons. The zero-order valence-corrected chi connectivity index (χ0v) is 15.0. The summed E-state index contributed by atoms with van der Waals surface area (Å²) in [5, 5.41) is 0. The molecule has 0 aliphatic rings. The van der Waals surface area contributed by atoms with Gasteiger partial charge >= 0.3 is 0 Å². The predicted octanol–water partition coefficient (Wildman–Crippen LogP) is 5.18. The van der Waals surface area contributed by atoms with Crippen LogP contribution in [0.3, 0.4) is 0 Å². The Labute approximate surface area is 141 Å². The number of benzene rings is 1. The second kappa shape index (κ2) is 10.8. The van der Waals surface area contributed by atoms with Gasteiger partial charge in [-0.15, -0.1) is 12.3 Å². The van der Waals surface area contributed by atoms with Crippen molar-refractivity contribution in [1.82, 2.24) is 0 Å². The van der Waals surface area contributed by atoms with Gasteiger partial charge in [-0.3, -0.25) is 0 Å². The Morgan fingerprint density at radius 3 is 2.04 bits per heavy atom. The summed E-state index contributed by atoms with van der Waals surface area (Å²) in [6.45, 7) is 10.3. The van der Waals surface area contributed by atoms with E-state index in [1.807, 2.05) is 6.07 Å². The van der Waals surface area contributed by atoms with Gasteiger partial charge in [0.05, 0.1) is 19.8 Å². The molecular weight excluding hydrogens is 288 g/mol. The monoisotopic (exact) mass is 318 g/mol. The van der Waals surface area contributed by atoms with E-state index in [9.17, 15) is 0 Å². The average Bonchev–Trinajstić information content (AvgIpc) is 2.56. The molecule has 0 N–H and O–H groups in total. The van der Waals surface area contributed by atoms with Crippen molar-refractivity contribution in [2.24, 2.45) is 0 Å². The van der Waals surface area contributed by atoms with E-state index in [0.717, 1.165) is 42.1 Å². The van der Waals surface area contributed by atoms with Crippen LogP contribution in [-0.2, 0) is 0 Å². The Hall–Kier alpha value is -1.82. The maximum atomic E-state index is 6.03. The van der Waals surface area contributed by atoms with Crippen LogP contribution < -0.4 is 14.2 Å². The Balaban J connectivity index is 3.26. The molecule has 1 aromatic rings. The molecule has 0 heterocycles. The third-order valence-electron chi connectivity index (χ3n) is 3.42. The summed E-state index contributed by atoms with van der Waals surface area (Å²) < 4.78 is 17.9. The Morgan fingerprint density at radius 1 is 0.913 bits per heavy atom. The van der Waals surface area contributed by atoms with Crippen LogP contribution in [0.25, 0.3) is 0 Å². The molecule has 0 saturated carbocycles. The number of ether oxygens (including phenoxy) is 3. The van der Waals surface area contributed by atoms with Crippen molar-refractivity contribution in [2.45, 2.75) is 59.3 Å². The quantitative estimate of drug-likeness (QED) is 0.526. The summed E-state index contributed by atoms with van der Waals surface area (Å²) in [6, 6.07) is 4.03. The fourth-order valence-electron chi connectivity index (χ4n) is 2.25. The minimum Gasteiger partial charge on any atom is -0.490 e. The van der Waals surface area contributed by atoms with Crippen LogP contribution in [0.5, 0.6) is 17.2 Å². The van der Waals surface area contributed by atoms with Gasteiger partial charge in [0.1, 0.15) is 0 Å². The molecule has 1 aromatic carbocycles. The average molecular weight is 318 g/mol. The van der Waals surface area contributed by atoms with Crippen molar-refractivity contribution in [3.63, 3.8) is 0 Å². The molecule has 3 heteroatoms. The van der Waals surface area contributed by atoms with Crippen LogP contribution in [0, 0.1) is 12.3 Å². The van der Waals surface area contributed by atoms with Gasteiger partial charge in [0.15, 0.2) is 11.5 Å². The van der Waals surface area contributed by atoms with Gasteiger partial charge in [-0.25, -0.2) is 0 Å². The lowest BCUT2D eigenvalue weighted by atomic mass is 9.96. The molecule has 1 atom stereocenters. The first-order chi connectivity index (χ1) is 11.2. The molecule has 0 aliphatic heterocycles. The van der Waals surface area contributed by atoms with Crippen molar-refractivity contribution in [3.8, 4) is 29.6 Å². The zero-order valence-electron chi connectivity index (χ0n) is 15.0. The molecule has 0 fully saturated rings. The number of hydrogen-bond donors (Lipinski definition) is 0. The summed E-state index contributed by atoms with van der Waals surface area (Å²) in [7, 11) is 0. The van der Waals surface area contributed by atoms with Crippen LogP contribution in [0.2, 0.25) is 0 Å². The molecule has 0 saturated heterocycles. The SMILES string of the molecule is C#CCC(C)c1ccc(OCCC)c(OCCC)c1OCCC. The normalized spacial score (nSPS) is 11.6. The van der Waals surface area contributed by atoms with Crippen molar-refractivity contribution >= 4 is 0 Å². The van der Waals surface area contributed by atoms with Crippen molar-refractivity contribution in [3.05, 3.63) is 17.7 Å². The first-order valence-electron chi connectivity index (χ1n) is 8.68. The lowest BCUT2D eigenvalue weighted by Gasteiger charge is -2.21. The fraction of sp³-hybridized carbons (Fsp3) is 0.600. The predicted molar refractivity (Wildman–Crippen MR) is 95.7 cm³/mol. The van der Waals surface area contributed by atoms with Gasteiger partial charge in [-0.2, -0.15) is 0 Å². The standard InChI is InChI=1S/C20H30O3/c1-6-10-16(5)17-11-12-18(21-13-7-2)20(23-15-9-4)19(17)22-14-8-3/h1,11-12,16H,7-10,13-15H2,2-5H3. The lowest BCUT2D eigenvalue weighted by Crippen LogP contribution is -2.08. The Morgan fingerprint density at radius 2 is 1.48 bits per heavy atom. The molecule has 1 rings (SSSR count). The Bertz CT molecular complexity index is 502. The first kappa shape index (κ1) is 19.2. The molecule has 0 aliphatic carbocycles. The van der Waals surface area contributed by atoms with Crippen LogP contribution in [0.1, 0.15) is 64.9 Å². The highest BCUT2D eigenvalue weighted by Gasteiger charge is 2.21. The van der Waals surface area contributed by atoms with Crippen LogP contribution in [0.4, 0.5) is 0 Å². The lowest BCUT2D eigenvalue weighted by molar-refractivity contribution is 0.241. The number of terminal acetylenes is 1. The van der Waals surface area contributed by atoms with E-state index < -0.39 is 0 Å².